The molecule has 2 aromatic carbocycles. The lowest BCUT2D eigenvalue weighted by Gasteiger charge is -2.36. The number of nitrogens with zero attached hydrogens (tertiary/aromatic N) is 2. The van der Waals surface area contributed by atoms with Crippen molar-refractivity contribution in [3.63, 3.8) is 0 Å². The van der Waals surface area contributed by atoms with Crippen LogP contribution in [0.25, 0.3) is 0 Å². The van der Waals surface area contributed by atoms with Crippen LogP contribution in [0.15, 0.2) is 48.5 Å². The fourth-order valence-corrected chi connectivity index (χ4v) is 3.83. The molecule has 0 unspecified atom stereocenters. The Hall–Kier alpha value is -2.09. The van der Waals surface area contributed by atoms with Gasteiger partial charge in [-0.2, -0.15) is 13.2 Å². The van der Waals surface area contributed by atoms with Gasteiger partial charge < -0.3 is 9.64 Å². The average molecular weight is 469 g/mol. The molecule has 0 saturated carbocycles. The van der Waals surface area contributed by atoms with Gasteiger partial charge in [-0.1, -0.05) is 42.8 Å². The fraction of sp³-hybridized carbons (Fsp3) is 0.458. The van der Waals surface area contributed by atoms with Crippen LogP contribution in [0.1, 0.15) is 42.6 Å². The molecule has 3 rings (SSSR count). The molecule has 2 aromatic rings. The first-order valence-electron chi connectivity index (χ1n) is 10.8. The second-order valence-electron chi connectivity index (χ2n) is 7.98. The molecule has 0 radical (unpaired) electrons. The SMILES string of the molecule is CCCC(=O)N1CCN(C[C@H](OCc2ccc(C(F)(F)F)cc2)c2ccc(Cl)cc2)CC1. The van der Waals surface area contributed by atoms with E-state index in [9.17, 15) is 18.0 Å². The van der Waals surface area contributed by atoms with Gasteiger partial charge in [-0.25, -0.2) is 0 Å². The van der Waals surface area contributed by atoms with E-state index in [1.54, 1.807) is 12.1 Å². The number of amides is 1. The molecule has 1 fully saturated rings. The van der Waals surface area contributed by atoms with Crippen molar-refractivity contribution in [1.82, 2.24) is 9.80 Å². The van der Waals surface area contributed by atoms with Gasteiger partial charge in [0.25, 0.3) is 0 Å². The predicted molar refractivity (Wildman–Crippen MR) is 118 cm³/mol. The number of carbonyl (C=O) groups is 1. The molecule has 0 bridgehead atoms. The summed E-state index contributed by atoms with van der Waals surface area (Å²) in [6.07, 6.45) is -3.21. The first-order valence-corrected chi connectivity index (χ1v) is 11.2. The van der Waals surface area contributed by atoms with Crippen molar-refractivity contribution in [3.8, 4) is 0 Å². The summed E-state index contributed by atoms with van der Waals surface area (Å²) in [6.45, 7) is 5.69. The predicted octanol–water partition coefficient (Wildman–Crippen LogP) is 5.56. The summed E-state index contributed by atoms with van der Waals surface area (Å²) >= 11 is 6.02. The van der Waals surface area contributed by atoms with E-state index in [1.165, 1.54) is 12.1 Å². The smallest absolute Gasteiger partial charge is 0.368 e. The molecule has 32 heavy (non-hydrogen) atoms. The van der Waals surface area contributed by atoms with Crippen LogP contribution < -0.4 is 0 Å². The second-order valence-corrected chi connectivity index (χ2v) is 8.41. The first-order chi connectivity index (χ1) is 15.3. The molecule has 1 aliphatic rings. The number of benzene rings is 2. The van der Waals surface area contributed by atoms with Gasteiger partial charge >= 0.3 is 6.18 Å². The summed E-state index contributed by atoms with van der Waals surface area (Å²) in [7, 11) is 0. The van der Waals surface area contributed by atoms with Crippen molar-refractivity contribution in [2.24, 2.45) is 0 Å². The zero-order valence-corrected chi connectivity index (χ0v) is 18.8. The first kappa shape index (κ1) is 24.6. The summed E-state index contributed by atoms with van der Waals surface area (Å²) in [5.74, 6) is 0.194. The van der Waals surface area contributed by atoms with E-state index in [0.29, 0.717) is 36.6 Å². The molecular weight excluding hydrogens is 441 g/mol. The van der Waals surface area contributed by atoms with Crippen molar-refractivity contribution < 1.29 is 22.7 Å². The number of ether oxygens (including phenoxy) is 1. The Morgan fingerprint density at radius 1 is 1.03 bits per heavy atom. The molecule has 0 aliphatic carbocycles. The van der Waals surface area contributed by atoms with Crippen molar-refractivity contribution in [3.05, 3.63) is 70.2 Å². The zero-order valence-electron chi connectivity index (χ0n) is 18.1. The number of halogens is 4. The van der Waals surface area contributed by atoms with Crippen LogP contribution >= 0.6 is 11.6 Å². The monoisotopic (exact) mass is 468 g/mol. The molecule has 0 aromatic heterocycles. The molecule has 0 spiro atoms. The van der Waals surface area contributed by atoms with Crippen molar-refractivity contribution in [2.75, 3.05) is 32.7 Å². The molecule has 1 saturated heterocycles. The van der Waals surface area contributed by atoms with Crippen molar-refractivity contribution in [2.45, 2.75) is 38.7 Å². The molecule has 8 heteroatoms. The van der Waals surface area contributed by atoms with E-state index in [1.807, 2.05) is 24.0 Å². The molecule has 174 valence electrons. The lowest BCUT2D eigenvalue weighted by molar-refractivity contribution is -0.137. The third-order valence-corrected chi connectivity index (χ3v) is 5.84. The van der Waals surface area contributed by atoms with Gasteiger partial charge in [-0.3, -0.25) is 9.69 Å². The average Bonchev–Trinajstić information content (AvgIpc) is 2.77. The topological polar surface area (TPSA) is 32.8 Å². The minimum atomic E-state index is -4.36. The maximum Gasteiger partial charge on any atom is 0.416 e. The van der Waals surface area contributed by atoms with Crippen LogP contribution in [0.2, 0.25) is 5.02 Å². The Kier molecular flexibility index (Phi) is 8.57. The standard InChI is InChI=1S/C24H28ClF3N2O2/c1-2-3-23(31)30-14-12-29(13-15-30)16-22(19-6-10-21(25)11-7-19)32-17-18-4-8-20(9-5-18)24(26,27)28/h4-11,22H,2-3,12-17H2,1H3/t22-/m0/s1. The van der Waals surface area contributed by atoms with E-state index in [-0.39, 0.29) is 18.6 Å². The Balaban J connectivity index is 1.63. The van der Waals surface area contributed by atoms with Crippen LogP contribution in [0.3, 0.4) is 0 Å². The quantitative estimate of drug-likeness (QED) is 0.508. The largest absolute Gasteiger partial charge is 0.416 e. The zero-order chi connectivity index (χ0) is 23.1. The van der Waals surface area contributed by atoms with E-state index < -0.39 is 11.7 Å². The van der Waals surface area contributed by atoms with Gasteiger partial charge in [0.05, 0.1) is 18.3 Å². The van der Waals surface area contributed by atoms with E-state index in [4.69, 9.17) is 16.3 Å². The van der Waals surface area contributed by atoms with E-state index in [2.05, 4.69) is 4.90 Å². The Morgan fingerprint density at radius 3 is 2.22 bits per heavy atom. The lowest BCUT2D eigenvalue weighted by atomic mass is 10.1. The van der Waals surface area contributed by atoms with Crippen LogP contribution in [0, 0.1) is 0 Å². The van der Waals surface area contributed by atoms with Crippen LogP contribution in [0.5, 0.6) is 0 Å². The van der Waals surface area contributed by atoms with Gasteiger partial charge in [-0.15, -0.1) is 0 Å². The van der Waals surface area contributed by atoms with Crippen molar-refractivity contribution in [1.29, 1.82) is 0 Å². The number of hydrogen-bond acceptors (Lipinski definition) is 3. The van der Waals surface area contributed by atoms with Gasteiger partial charge in [0, 0.05) is 44.2 Å². The highest BCUT2D eigenvalue weighted by Gasteiger charge is 2.30. The van der Waals surface area contributed by atoms with E-state index in [0.717, 1.165) is 37.2 Å². The molecule has 1 atom stereocenters. The second kappa shape index (κ2) is 11.2. The molecule has 1 heterocycles. The highest BCUT2D eigenvalue weighted by Crippen LogP contribution is 2.29. The minimum absolute atomic E-state index is 0.194. The summed E-state index contributed by atoms with van der Waals surface area (Å²) in [5.41, 5.74) is 0.948. The number of rotatable bonds is 8. The van der Waals surface area contributed by atoms with Gasteiger partial charge in [0.15, 0.2) is 0 Å². The third-order valence-electron chi connectivity index (χ3n) is 5.59. The minimum Gasteiger partial charge on any atom is -0.368 e. The molecule has 1 amide bonds. The van der Waals surface area contributed by atoms with Gasteiger partial charge in [0.1, 0.15) is 0 Å². The maximum absolute atomic E-state index is 12.8. The third kappa shape index (κ3) is 6.95. The number of alkyl halides is 3. The number of carbonyl (C=O) groups excluding carboxylic acids is 1. The highest BCUT2D eigenvalue weighted by atomic mass is 35.5. The molecule has 4 nitrogen and oxygen atoms in total. The maximum atomic E-state index is 12.8. The summed E-state index contributed by atoms with van der Waals surface area (Å²) < 4.78 is 44.5. The van der Waals surface area contributed by atoms with Crippen LogP contribution in [-0.2, 0) is 22.3 Å². The highest BCUT2D eigenvalue weighted by molar-refractivity contribution is 6.30. The summed E-state index contributed by atoms with van der Waals surface area (Å²) in [4.78, 5) is 16.3. The Bertz CT molecular complexity index is 864. The number of hydrogen-bond donors (Lipinski definition) is 0. The van der Waals surface area contributed by atoms with Gasteiger partial charge in [0.2, 0.25) is 5.91 Å². The fourth-order valence-electron chi connectivity index (χ4n) is 3.70. The van der Waals surface area contributed by atoms with Crippen molar-refractivity contribution >= 4 is 17.5 Å². The molecular formula is C24H28ClF3N2O2. The normalized spacial score (nSPS) is 16.2. The van der Waals surface area contributed by atoms with Crippen LogP contribution in [0.4, 0.5) is 13.2 Å². The summed E-state index contributed by atoms with van der Waals surface area (Å²) in [6, 6.07) is 12.4. The Morgan fingerprint density at radius 2 is 1.66 bits per heavy atom. The van der Waals surface area contributed by atoms with Gasteiger partial charge in [-0.05, 0) is 41.8 Å². The summed E-state index contributed by atoms with van der Waals surface area (Å²) in [5, 5.41) is 0.623. The van der Waals surface area contributed by atoms with Crippen LogP contribution in [-0.4, -0.2) is 48.4 Å². The molecule has 0 N–H and O–H groups in total. The van der Waals surface area contributed by atoms with E-state index >= 15 is 0 Å². The number of piperazine rings is 1. The molecule has 1 aliphatic heterocycles. The Labute approximate surface area is 191 Å². The lowest BCUT2D eigenvalue weighted by Crippen LogP contribution is -2.49.